The van der Waals surface area contributed by atoms with E-state index in [1.54, 1.807) is 4.90 Å². The van der Waals surface area contributed by atoms with Crippen LogP contribution in [0.15, 0.2) is 24.3 Å². The minimum atomic E-state index is -0.467. The first kappa shape index (κ1) is 13.4. The number of carbonyl (C=O) groups excluding carboxylic acids is 1. The second-order valence-corrected chi connectivity index (χ2v) is 6.14. The fourth-order valence-electron chi connectivity index (χ4n) is 2.14. The van der Waals surface area contributed by atoms with E-state index in [-0.39, 0.29) is 12.1 Å². The van der Waals surface area contributed by atoms with Gasteiger partial charge in [0.15, 0.2) is 0 Å². The maximum Gasteiger partial charge on any atom is 0.415 e. The lowest BCUT2D eigenvalue weighted by Gasteiger charge is -2.28. The standard InChI is InChI=1S/C14H18BrNO2/c1-14(2,3)18-13(17)16-11(9-15)8-10-6-4-5-7-12(10)16/h4-7,11H,8-9H2,1-3H3. The zero-order valence-corrected chi connectivity index (χ0v) is 12.5. The molecule has 0 saturated carbocycles. The van der Waals surface area contributed by atoms with Crippen LogP contribution in [-0.2, 0) is 11.2 Å². The molecule has 0 saturated heterocycles. The van der Waals surface area contributed by atoms with Gasteiger partial charge < -0.3 is 4.74 Å². The molecule has 0 spiro atoms. The Kier molecular flexibility index (Phi) is 3.66. The van der Waals surface area contributed by atoms with Crippen molar-refractivity contribution in [3.05, 3.63) is 29.8 Å². The van der Waals surface area contributed by atoms with Crippen LogP contribution in [0, 0.1) is 0 Å². The van der Waals surface area contributed by atoms with Crippen molar-refractivity contribution in [2.24, 2.45) is 0 Å². The van der Waals surface area contributed by atoms with Crippen molar-refractivity contribution in [1.29, 1.82) is 0 Å². The number of benzene rings is 1. The van der Waals surface area contributed by atoms with E-state index in [0.717, 1.165) is 17.4 Å². The number of nitrogens with zero attached hydrogens (tertiary/aromatic N) is 1. The molecule has 98 valence electrons. The van der Waals surface area contributed by atoms with Crippen LogP contribution >= 0.6 is 15.9 Å². The van der Waals surface area contributed by atoms with Gasteiger partial charge in [-0.3, -0.25) is 4.90 Å². The second kappa shape index (κ2) is 4.92. The quantitative estimate of drug-likeness (QED) is 0.739. The number of ether oxygens (including phenoxy) is 1. The number of fused-ring (bicyclic) bond motifs is 1. The summed E-state index contributed by atoms with van der Waals surface area (Å²) in [6, 6.07) is 8.13. The molecule has 1 aliphatic heterocycles. The van der Waals surface area contributed by atoms with Crippen LogP contribution in [0.5, 0.6) is 0 Å². The number of alkyl halides is 1. The van der Waals surface area contributed by atoms with Crippen LogP contribution in [0.2, 0.25) is 0 Å². The molecule has 3 nitrogen and oxygen atoms in total. The molecule has 1 unspecified atom stereocenters. The Morgan fingerprint density at radius 1 is 1.44 bits per heavy atom. The van der Waals surface area contributed by atoms with Crippen molar-refractivity contribution < 1.29 is 9.53 Å². The Balaban J connectivity index is 2.27. The lowest BCUT2D eigenvalue weighted by molar-refractivity contribution is 0.0573. The summed E-state index contributed by atoms with van der Waals surface area (Å²) in [6.45, 7) is 5.65. The van der Waals surface area contributed by atoms with Crippen LogP contribution in [0.25, 0.3) is 0 Å². The molecule has 1 aliphatic rings. The first-order valence-electron chi connectivity index (χ1n) is 6.08. The van der Waals surface area contributed by atoms with E-state index in [4.69, 9.17) is 4.74 Å². The highest BCUT2D eigenvalue weighted by Gasteiger charge is 2.35. The highest BCUT2D eigenvalue weighted by molar-refractivity contribution is 9.09. The average Bonchev–Trinajstić information content (AvgIpc) is 2.64. The summed E-state index contributed by atoms with van der Waals surface area (Å²) in [5, 5.41) is 0.751. The summed E-state index contributed by atoms with van der Waals surface area (Å²) >= 11 is 3.47. The van der Waals surface area contributed by atoms with Gasteiger partial charge in [-0.2, -0.15) is 0 Å². The molecule has 0 N–H and O–H groups in total. The molecule has 0 aliphatic carbocycles. The number of hydrogen-bond acceptors (Lipinski definition) is 2. The van der Waals surface area contributed by atoms with E-state index in [9.17, 15) is 4.79 Å². The Bertz CT molecular complexity index is 453. The lowest BCUT2D eigenvalue weighted by atomic mass is 10.1. The van der Waals surface area contributed by atoms with Crippen molar-refractivity contribution in [2.75, 3.05) is 10.2 Å². The highest BCUT2D eigenvalue weighted by Crippen LogP contribution is 2.33. The van der Waals surface area contributed by atoms with Gasteiger partial charge in [-0.15, -0.1) is 0 Å². The van der Waals surface area contributed by atoms with Crippen molar-refractivity contribution in [3.8, 4) is 0 Å². The van der Waals surface area contributed by atoms with Gasteiger partial charge in [0.25, 0.3) is 0 Å². The summed E-state index contributed by atoms with van der Waals surface area (Å²) in [4.78, 5) is 14.0. The van der Waals surface area contributed by atoms with Crippen LogP contribution < -0.4 is 4.90 Å². The molecule has 2 rings (SSSR count). The van der Waals surface area contributed by atoms with E-state index in [0.29, 0.717) is 0 Å². The number of para-hydroxylation sites is 1. The van der Waals surface area contributed by atoms with Gasteiger partial charge in [-0.05, 0) is 38.8 Å². The molecular formula is C14H18BrNO2. The maximum atomic E-state index is 12.3. The molecular weight excluding hydrogens is 294 g/mol. The predicted octanol–water partition coefficient (Wildman–Crippen LogP) is 3.75. The summed E-state index contributed by atoms with van der Waals surface area (Å²) in [5.74, 6) is 0. The Morgan fingerprint density at radius 2 is 2.11 bits per heavy atom. The number of rotatable bonds is 1. The smallest absolute Gasteiger partial charge is 0.415 e. The molecule has 1 aromatic rings. The average molecular weight is 312 g/mol. The minimum absolute atomic E-state index is 0.136. The van der Waals surface area contributed by atoms with Gasteiger partial charge in [0.05, 0.1) is 11.7 Å². The predicted molar refractivity (Wildman–Crippen MR) is 76.4 cm³/mol. The normalized spacial score (nSPS) is 18.7. The molecule has 0 bridgehead atoms. The number of halogens is 1. The number of hydrogen-bond donors (Lipinski definition) is 0. The molecule has 1 atom stereocenters. The van der Waals surface area contributed by atoms with Crippen LogP contribution in [0.4, 0.5) is 10.5 Å². The number of carbonyl (C=O) groups is 1. The Morgan fingerprint density at radius 3 is 2.72 bits per heavy atom. The molecule has 4 heteroatoms. The van der Waals surface area contributed by atoms with Crippen molar-refractivity contribution in [3.63, 3.8) is 0 Å². The van der Waals surface area contributed by atoms with Crippen LogP contribution in [0.1, 0.15) is 26.3 Å². The Hall–Kier alpha value is -1.03. The van der Waals surface area contributed by atoms with Gasteiger partial charge in [0, 0.05) is 5.33 Å². The van der Waals surface area contributed by atoms with Gasteiger partial charge >= 0.3 is 6.09 Å². The molecule has 18 heavy (non-hydrogen) atoms. The van der Waals surface area contributed by atoms with Crippen molar-refractivity contribution >= 4 is 27.7 Å². The van der Waals surface area contributed by atoms with E-state index < -0.39 is 5.60 Å². The second-order valence-electron chi connectivity index (χ2n) is 5.49. The molecule has 0 aromatic heterocycles. The van der Waals surface area contributed by atoms with E-state index in [2.05, 4.69) is 22.0 Å². The summed E-state index contributed by atoms with van der Waals surface area (Å²) in [6.07, 6.45) is 0.609. The first-order valence-corrected chi connectivity index (χ1v) is 7.20. The monoisotopic (exact) mass is 311 g/mol. The largest absolute Gasteiger partial charge is 0.443 e. The summed E-state index contributed by atoms with van der Waals surface area (Å²) in [5.41, 5.74) is 1.70. The van der Waals surface area contributed by atoms with Crippen LogP contribution in [-0.4, -0.2) is 23.1 Å². The lowest BCUT2D eigenvalue weighted by Crippen LogP contribution is -2.42. The van der Waals surface area contributed by atoms with E-state index in [1.807, 2.05) is 39.0 Å². The van der Waals surface area contributed by atoms with Gasteiger partial charge in [-0.25, -0.2) is 4.79 Å². The molecule has 0 fully saturated rings. The topological polar surface area (TPSA) is 29.5 Å². The van der Waals surface area contributed by atoms with Crippen LogP contribution in [0.3, 0.4) is 0 Å². The SMILES string of the molecule is CC(C)(C)OC(=O)N1c2ccccc2CC1CBr. The third kappa shape index (κ3) is 2.69. The zero-order chi connectivity index (χ0) is 13.3. The number of amides is 1. The van der Waals surface area contributed by atoms with E-state index in [1.165, 1.54) is 5.56 Å². The zero-order valence-electron chi connectivity index (χ0n) is 10.9. The number of anilines is 1. The maximum absolute atomic E-state index is 12.3. The molecule has 0 radical (unpaired) electrons. The molecule has 1 amide bonds. The van der Waals surface area contributed by atoms with E-state index >= 15 is 0 Å². The minimum Gasteiger partial charge on any atom is -0.443 e. The fourth-order valence-corrected chi connectivity index (χ4v) is 2.66. The van der Waals surface area contributed by atoms with Crippen molar-refractivity contribution in [1.82, 2.24) is 0 Å². The molecule has 1 heterocycles. The van der Waals surface area contributed by atoms with Gasteiger partial charge in [0.2, 0.25) is 0 Å². The van der Waals surface area contributed by atoms with Gasteiger partial charge in [0.1, 0.15) is 5.60 Å². The van der Waals surface area contributed by atoms with Gasteiger partial charge in [-0.1, -0.05) is 34.1 Å². The first-order chi connectivity index (χ1) is 8.42. The Labute approximate surface area is 116 Å². The third-order valence-electron chi connectivity index (χ3n) is 2.84. The highest BCUT2D eigenvalue weighted by atomic mass is 79.9. The summed E-state index contributed by atoms with van der Waals surface area (Å²) < 4.78 is 5.48. The fraction of sp³-hybridized carbons (Fsp3) is 0.500. The third-order valence-corrected chi connectivity index (χ3v) is 3.59. The molecule has 1 aromatic carbocycles. The van der Waals surface area contributed by atoms with Crippen molar-refractivity contribution in [2.45, 2.75) is 38.8 Å². The summed E-state index contributed by atoms with van der Waals surface area (Å²) in [7, 11) is 0.